The lowest BCUT2D eigenvalue weighted by molar-refractivity contribution is -0.129. The molecule has 7 heteroatoms. The number of Topliss-reactive ketones (excluding diaryl/α,β-unsaturated/α-hetero) is 1. The lowest BCUT2D eigenvalue weighted by Gasteiger charge is -2.17. The van der Waals surface area contributed by atoms with E-state index in [0.717, 1.165) is 10.6 Å². The summed E-state index contributed by atoms with van der Waals surface area (Å²) in [6, 6.07) is 16.0. The van der Waals surface area contributed by atoms with E-state index in [2.05, 4.69) is 5.10 Å². The number of hydrogen-bond acceptors (Lipinski definition) is 5. The molecule has 2 aromatic carbocycles. The largest absolute Gasteiger partial charge is 0.483 e. The third kappa shape index (κ3) is 3.07. The lowest BCUT2D eigenvalue weighted by Crippen LogP contribution is -2.41. The van der Waals surface area contributed by atoms with E-state index in [1.807, 2.05) is 30.3 Å². The minimum Gasteiger partial charge on any atom is -0.483 e. The van der Waals surface area contributed by atoms with E-state index >= 15 is 0 Å². The summed E-state index contributed by atoms with van der Waals surface area (Å²) in [4.78, 5) is 38.9. The van der Waals surface area contributed by atoms with Gasteiger partial charge in [-0.2, -0.15) is 5.10 Å². The van der Waals surface area contributed by atoms with Gasteiger partial charge in [0.25, 0.3) is 11.8 Å². The number of aromatic nitrogens is 2. The quantitative estimate of drug-likeness (QED) is 0.517. The van der Waals surface area contributed by atoms with Crippen LogP contribution in [0.4, 0.5) is 0 Å². The van der Waals surface area contributed by atoms with Crippen LogP contribution >= 0.6 is 0 Å². The predicted molar refractivity (Wildman–Crippen MR) is 101 cm³/mol. The van der Waals surface area contributed by atoms with Gasteiger partial charge in [0.15, 0.2) is 12.4 Å². The maximum Gasteiger partial charge on any atom is 0.267 e. The normalized spacial score (nSPS) is 13.7. The summed E-state index contributed by atoms with van der Waals surface area (Å²) in [6.07, 6.45) is 1.46. The summed E-state index contributed by atoms with van der Waals surface area (Å²) in [5, 5.41) is 4.28. The number of hydrogen-bond donors (Lipinski definition) is 0. The van der Waals surface area contributed by atoms with Crippen molar-refractivity contribution < 1.29 is 19.1 Å². The molecule has 0 saturated carbocycles. The average Bonchev–Trinajstić information content (AvgIpc) is 3.06. The zero-order chi connectivity index (χ0) is 19.7. The van der Waals surface area contributed by atoms with E-state index in [1.165, 1.54) is 6.20 Å². The molecule has 0 unspecified atom stereocenters. The van der Waals surface area contributed by atoms with Gasteiger partial charge in [0.05, 0.1) is 35.2 Å². The van der Waals surface area contributed by atoms with Crippen LogP contribution < -0.4 is 4.74 Å². The van der Waals surface area contributed by atoms with Crippen molar-refractivity contribution in [1.29, 1.82) is 0 Å². The van der Waals surface area contributed by atoms with Crippen LogP contribution in [0.15, 0.2) is 60.8 Å². The number of ketones is 1. The van der Waals surface area contributed by atoms with Crippen molar-refractivity contribution in [3.8, 4) is 11.4 Å². The smallest absolute Gasteiger partial charge is 0.267 e. The summed E-state index contributed by atoms with van der Waals surface area (Å²) in [6.45, 7) is 1.12. The molecular formula is C21H17N3O4. The summed E-state index contributed by atoms with van der Waals surface area (Å²) < 4.78 is 7.05. The van der Waals surface area contributed by atoms with Crippen molar-refractivity contribution >= 4 is 17.6 Å². The summed E-state index contributed by atoms with van der Waals surface area (Å²) in [7, 11) is 0. The van der Waals surface area contributed by atoms with Gasteiger partial charge >= 0.3 is 0 Å². The van der Waals surface area contributed by atoms with Crippen LogP contribution in [0.25, 0.3) is 5.69 Å². The van der Waals surface area contributed by atoms with E-state index in [-0.39, 0.29) is 24.5 Å². The fraction of sp³-hybridized carbons (Fsp3) is 0.143. The average molecular weight is 375 g/mol. The first-order valence-corrected chi connectivity index (χ1v) is 8.76. The third-order valence-electron chi connectivity index (χ3n) is 4.63. The molecule has 1 aromatic heterocycles. The molecule has 0 bridgehead atoms. The molecule has 2 amide bonds. The first-order chi connectivity index (χ1) is 13.6. The second-order valence-corrected chi connectivity index (χ2v) is 6.38. The summed E-state index contributed by atoms with van der Waals surface area (Å²) in [5.74, 6) is -1.12. The first-order valence-electron chi connectivity index (χ1n) is 8.76. The van der Waals surface area contributed by atoms with Gasteiger partial charge in [0.2, 0.25) is 0 Å². The molecule has 140 valence electrons. The van der Waals surface area contributed by atoms with Crippen molar-refractivity contribution in [2.24, 2.45) is 0 Å². The van der Waals surface area contributed by atoms with Gasteiger partial charge in [-0.3, -0.25) is 19.3 Å². The van der Waals surface area contributed by atoms with E-state index in [1.54, 1.807) is 35.9 Å². The van der Waals surface area contributed by atoms with E-state index < -0.39 is 11.8 Å². The molecule has 4 rings (SSSR count). The Balaban J connectivity index is 1.61. The van der Waals surface area contributed by atoms with Gasteiger partial charge in [-0.1, -0.05) is 30.3 Å². The lowest BCUT2D eigenvalue weighted by atomic mass is 10.1. The highest BCUT2D eigenvalue weighted by Gasteiger charge is 2.31. The molecular weight excluding hydrogens is 358 g/mol. The van der Waals surface area contributed by atoms with Gasteiger partial charge < -0.3 is 4.74 Å². The maximum atomic E-state index is 12.9. The standard InChI is InChI=1S/C21H17N3O4/c1-14-17(11-22-24(14)15-7-3-2-4-8-15)18(25)12-23-20(26)13-28-19-10-6-5-9-16(19)21(23)27/h2-11H,12-13H2,1H3. The number of para-hydroxylation sites is 2. The van der Waals surface area contributed by atoms with Crippen molar-refractivity contribution in [3.63, 3.8) is 0 Å². The molecule has 0 fully saturated rings. The van der Waals surface area contributed by atoms with Gasteiger partial charge in [-0.15, -0.1) is 0 Å². The van der Waals surface area contributed by atoms with E-state index in [9.17, 15) is 14.4 Å². The highest BCUT2D eigenvalue weighted by Crippen LogP contribution is 2.23. The number of amides is 2. The highest BCUT2D eigenvalue weighted by molar-refractivity contribution is 6.11. The van der Waals surface area contributed by atoms with Crippen LogP contribution in [-0.4, -0.2) is 45.4 Å². The van der Waals surface area contributed by atoms with Crippen LogP contribution in [-0.2, 0) is 4.79 Å². The van der Waals surface area contributed by atoms with Gasteiger partial charge in [-0.05, 0) is 31.2 Å². The zero-order valence-electron chi connectivity index (χ0n) is 15.2. The number of imide groups is 1. The van der Waals surface area contributed by atoms with Crippen LogP contribution in [0.5, 0.6) is 5.75 Å². The Bertz CT molecular complexity index is 1070. The Hall–Kier alpha value is -3.74. The fourth-order valence-electron chi connectivity index (χ4n) is 3.15. The molecule has 0 saturated heterocycles. The predicted octanol–water partition coefficient (Wildman–Crippen LogP) is 2.42. The Labute approximate surface area is 161 Å². The molecule has 7 nitrogen and oxygen atoms in total. The topological polar surface area (TPSA) is 81.5 Å². The first kappa shape index (κ1) is 17.7. The van der Waals surface area contributed by atoms with E-state index in [0.29, 0.717) is 17.0 Å². The molecule has 0 atom stereocenters. The second kappa shape index (κ2) is 7.11. The molecule has 3 aromatic rings. The number of nitrogens with zero attached hydrogens (tertiary/aromatic N) is 3. The monoisotopic (exact) mass is 375 g/mol. The number of ether oxygens (including phenoxy) is 1. The third-order valence-corrected chi connectivity index (χ3v) is 4.63. The summed E-state index contributed by atoms with van der Waals surface area (Å²) in [5.41, 5.74) is 2.09. The molecule has 1 aliphatic heterocycles. The second-order valence-electron chi connectivity index (χ2n) is 6.38. The number of benzene rings is 2. The zero-order valence-corrected chi connectivity index (χ0v) is 15.2. The summed E-state index contributed by atoms with van der Waals surface area (Å²) >= 11 is 0. The number of fused-ring (bicyclic) bond motifs is 1. The Morgan fingerprint density at radius 3 is 2.57 bits per heavy atom. The van der Waals surface area contributed by atoms with Gasteiger partial charge in [-0.25, -0.2) is 4.68 Å². The van der Waals surface area contributed by atoms with Crippen LogP contribution in [0, 0.1) is 6.92 Å². The van der Waals surface area contributed by atoms with Crippen molar-refractivity contribution in [1.82, 2.24) is 14.7 Å². The Morgan fingerprint density at radius 2 is 1.79 bits per heavy atom. The maximum absolute atomic E-state index is 12.9. The van der Waals surface area contributed by atoms with Crippen molar-refractivity contribution in [3.05, 3.63) is 77.6 Å². The van der Waals surface area contributed by atoms with Crippen LogP contribution in [0.1, 0.15) is 26.4 Å². The number of rotatable bonds is 4. The minimum atomic E-state index is -0.553. The minimum absolute atomic E-state index is 0.262. The number of carbonyl (C=O) groups is 3. The van der Waals surface area contributed by atoms with Gasteiger partial charge in [0.1, 0.15) is 5.75 Å². The van der Waals surface area contributed by atoms with Crippen LogP contribution in [0.2, 0.25) is 0 Å². The van der Waals surface area contributed by atoms with E-state index in [4.69, 9.17) is 4.74 Å². The van der Waals surface area contributed by atoms with Crippen molar-refractivity contribution in [2.45, 2.75) is 6.92 Å². The SMILES string of the molecule is Cc1c(C(=O)CN2C(=O)COc3ccccc3C2=O)cnn1-c1ccccc1. The molecule has 2 heterocycles. The Morgan fingerprint density at radius 1 is 1.07 bits per heavy atom. The molecule has 0 radical (unpaired) electrons. The Kier molecular flexibility index (Phi) is 4.49. The number of carbonyl (C=O) groups excluding carboxylic acids is 3. The molecule has 0 spiro atoms. The highest BCUT2D eigenvalue weighted by atomic mass is 16.5. The fourth-order valence-corrected chi connectivity index (χ4v) is 3.15. The van der Waals surface area contributed by atoms with Crippen molar-refractivity contribution in [2.75, 3.05) is 13.2 Å². The molecule has 1 aliphatic rings. The molecule has 0 N–H and O–H groups in total. The molecule has 0 aliphatic carbocycles. The van der Waals surface area contributed by atoms with Crippen LogP contribution in [0.3, 0.4) is 0 Å². The molecule has 28 heavy (non-hydrogen) atoms. The van der Waals surface area contributed by atoms with Gasteiger partial charge in [0, 0.05) is 0 Å².